The average molecular weight is 338 g/mol. The monoisotopic (exact) mass is 338 g/mol. The Morgan fingerprint density at radius 2 is 1.76 bits per heavy atom. The van der Waals surface area contributed by atoms with Crippen LogP contribution in [0.5, 0.6) is 5.75 Å². The summed E-state index contributed by atoms with van der Waals surface area (Å²) in [6, 6.07) is 17.2. The van der Waals surface area contributed by atoms with E-state index in [1.54, 1.807) is 30.3 Å². The van der Waals surface area contributed by atoms with Crippen LogP contribution in [-0.4, -0.2) is 25.0 Å². The summed E-state index contributed by atoms with van der Waals surface area (Å²) in [5.74, 6) is -0.0867. The topological polar surface area (TPSA) is 81.4 Å². The zero-order valence-corrected chi connectivity index (χ0v) is 14.0. The molecule has 5 heteroatoms. The van der Waals surface area contributed by atoms with Gasteiger partial charge in [-0.05, 0) is 42.2 Å². The Kier molecular flexibility index (Phi) is 7.25. The van der Waals surface area contributed by atoms with E-state index >= 15 is 0 Å². The van der Waals surface area contributed by atoms with E-state index in [0.29, 0.717) is 12.3 Å². The van der Waals surface area contributed by atoms with Gasteiger partial charge in [-0.15, -0.1) is 0 Å². The molecule has 0 radical (unpaired) electrons. The highest BCUT2D eigenvalue weighted by molar-refractivity contribution is 5.91. The van der Waals surface area contributed by atoms with Crippen LogP contribution in [0.25, 0.3) is 6.08 Å². The van der Waals surface area contributed by atoms with Gasteiger partial charge in [0.05, 0.1) is 0 Å². The molecule has 0 unspecified atom stereocenters. The van der Waals surface area contributed by atoms with Crippen molar-refractivity contribution in [3.63, 3.8) is 0 Å². The number of hydrogen-bond donors (Lipinski definition) is 2. The molecule has 0 aliphatic heterocycles. The Balaban J connectivity index is 1.69. The number of primary amides is 1. The van der Waals surface area contributed by atoms with E-state index < -0.39 is 5.91 Å². The van der Waals surface area contributed by atoms with Crippen molar-refractivity contribution >= 4 is 17.9 Å². The fourth-order valence-corrected chi connectivity index (χ4v) is 2.21. The highest BCUT2D eigenvalue weighted by Gasteiger charge is 1.98. The first-order chi connectivity index (χ1) is 12.1. The van der Waals surface area contributed by atoms with E-state index in [9.17, 15) is 9.59 Å². The fourth-order valence-electron chi connectivity index (χ4n) is 2.21. The van der Waals surface area contributed by atoms with Crippen molar-refractivity contribution in [3.8, 4) is 5.75 Å². The maximum Gasteiger partial charge on any atom is 0.255 e. The molecule has 0 spiro atoms. The van der Waals surface area contributed by atoms with Gasteiger partial charge >= 0.3 is 0 Å². The molecule has 130 valence electrons. The lowest BCUT2D eigenvalue weighted by molar-refractivity contribution is -0.120. The number of carbonyl (C=O) groups is 2. The summed E-state index contributed by atoms with van der Waals surface area (Å²) in [4.78, 5) is 22.4. The lowest BCUT2D eigenvalue weighted by Crippen LogP contribution is -2.22. The van der Waals surface area contributed by atoms with Gasteiger partial charge in [0.2, 0.25) is 5.91 Å². The van der Waals surface area contributed by atoms with Gasteiger partial charge in [0.1, 0.15) is 5.75 Å². The summed E-state index contributed by atoms with van der Waals surface area (Å²) in [5.41, 5.74) is 7.15. The zero-order chi connectivity index (χ0) is 17.9. The number of ether oxygens (including phenoxy) is 1. The summed E-state index contributed by atoms with van der Waals surface area (Å²) in [7, 11) is 0. The number of benzene rings is 2. The number of nitrogens with one attached hydrogen (secondary N) is 1. The van der Waals surface area contributed by atoms with Crippen LogP contribution >= 0.6 is 0 Å². The first-order valence-electron chi connectivity index (χ1n) is 8.14. The molecule has 0 aliphatic carbocycles. The first-order valence-corrected chi connectivity index (χ1v) is 8.14. The van der Waals surface area contributed by atoms with Crippen LogP contribution in [-0.2, 0) is 16.0 Å². The summed E-state index contributed by atoms with van der Waals surface area (Å²) < 4.78 is 5.17. The lowest BCUT2D eigenvalue weighted by Gasteiger charge is -2.04. The molecule has 2 aromatic carbocycles. The lowest BCUT2D eigenvalue weighted by atomic mass is 10.1. The van der Waals surface area contributed by atoms with Crippen molar-refractivity contribution in [3.05, 3.63) is 71.8 Å². The number of carbonyl (C=O) groups excluding carboxylic acids is 2. The SMILES string of the molecule is NC(=O)COc1ccc(/C=C/C(=O)NCCCc2ccccc2)cc1. The van der Waals surface area contributed by atoms with Crippen molar-refractivity contribution in [1.82, 2.24) is 5.32 Å². The number of aryl methyl sites for hydroxylation is 1. The second-order valence-electron chi connectivity index (χ2n) is 5.54. The summed E-state index contributed by atoms with van der Waals surface area (Å²) >= 11 is 0. The minimum Gasteiger partial charge on any atom is -0.484 e. The Morgan fingerprint density at radius 3 is 2.44 bits per heavy atom. The van der Waals surface area contributed by atoms with Gasteiger partial charge in [-0.25, -0.2) is 0 Å². The molecule has 5 nitrogen and oxygen atoms in total. The summed E-state index contributed by atoms with van der Waals surface area (Å²) in [6.45, 7) is 0.485. The van der Waals surface area contributed by atoms with Crippen molar-refractivity contribution < 1.29 is 14.3 Å². The molecule has 0 aliphatic rings. The minimum absolute atomic E-state index is 0.123. The Hall–Kier alpha value is -3.08. The molecule has 2 rings (SSSR count). The van der Waals surface area contributed by atoms with E-state index in [1.165, 1.54) is 11.6 Å². The average Bonchev–Trinajstić information content (AvgIpc) is 2.63. The van der Waals surface area contributed by atoms with Gasteiger partial charge in [-0.1, -0.05) is 42.5 Å². The molecule has 0 fully saturated rings. The van der Waals surface area contributed by atoms with Crippen LogP contribution < -0.4 is 15.8 Å². The first kappa shape index (κ1) is 18.3. The van der Waals surface area contributed by atoms with Crippen LogP contribution in [0, 0.1) is 0 Å². The van der Waals surface area contributed by atoms with E-state index in [0.717, 1.165) is 18.4 Å². The van der Waals surface area contributed by atoms with E-state index in [1.807, 2.05) is 18.2 Å². The molecule has 0 atom stereocenters. The molecule has 2 aromatic rings. The summed E-state index contributed by atoms with van der Waals surface area (Å²) in [6.07, 6.45) is 5.07. The molecule has 0 saturated heterocycles. The van der Waals surface area contributed by atoms with Gasteiger partial charge in [-0.3, -0.25) is 9.59 Å². The van der Waals surface area contributed by atoms with E-state index in [4.69, 9.17) is 10.5 Å². The third-order valence-electron chi connectivity index (χ3n) is 3.47. The highest BCUT2D eigenvalue weighted by atomic mass is 16.5. The number of nitrogens with two attached hydrogens (primary N) is 1. The van der Waals surface area contributed by atoms with Crippen molar-refractivity contribution in [2.24, 2.45) is 5.73 Å². The van der Waals surface area contributed by atoms with Gasteiger partial charge in [-0.2, -0.15) is 0 Å². The maximum atomic E-state index is 11.8. The molecule has 3 N–H and O–H groups in total. The molecule has 2 amide bonds. The predicted octanol–water partition coefficient (Wildman–Crippen LogP) is 2.31. The van der Waals surface area contributed by atoms with Crippen LogP contribution in [0.1, 0.15) is 17.5 Å². The second kappa shape index (κ2) is 9.93. The molecule has 0 saturated carbocycles. The van der Waals surface area contributed by atoms with Crippen LogP contribution in [0.3, 0.4) is 0 Å². The molecule has 0 bridgehead atoms. The quantitative estimate of drug-likeness (QED) is 0.544. The largest absolute Gasteiger partial charge is 0.484 e. The molecular weight excluding hydrogens is 316 g/mol. The minimum atomic E-state index is -0.520. The second-order valence-corrected chi connectivity index (χ2v) is 5.54. The third-order valence-corrected chi connectivity index (χ3v) is 3.47. The van der Waals surface area contributed by atoms with E-state index in [2.05, 4.69) is 17.4 Å². The van der Waals surface area contributed by atoms with E-state index in [-0.39, 0.29) is 12.5 Å². The molecule has 25 heavy (non-hydrogen) atoms. The number of rotatable bonds is 9. The van der Waals surface area contributed by atoms with Crippen LogP contribution in [0.2, 0.25) is 0 Å². The van der Waals surface area contributed by atoms with Crippen molar-refractivity contribution in [2.45, 2.75) is 12.8 Å². The maximum absolute atomic E-state index is 11.8. The summed E-state index contributed by atoms with van der Waals surface area (Å²) in [5, 5.41) is 2.87. The number of hydrogen-bond acceptors (Lipinski definition) is 3. The molecular formula is C20H22N2O3. The van der Waals surface area contributed by atoms with Gasteiger partial charge in [0.25, 0.3) is 5.91 Å². The zero-order valence-electron chi connectivity index (χ0n) is 14.0. The van der Waals surface area contributed by atoms with Crippen LogP contribution in [0.15, 0.2) is 60.7 Å². The number of amides is 2. The Labute approximate surface area is 147 Å². The van der Waals surface area contributed by atoms with Crippen LogP contribution in [0.4, 0.5) is 0 Å². The highest BCUT2D eigenvalue weighted by Crippen LogP contribution is 2.13. The van der Waals surface area contributed by atoms with Crippen molar-refractivity contribution in [1.29, 1.82) is 0 Å². The smallest absolute Gasteiger partial charge is 0.255 e. The Morgan fingerprint density at radius 1 is 1.04 bits per heavy atom. The molecule has 0 aromatic heterocycles. The Bertz CT molecular complexity index is 709. The van der Waals surface area contributed by atoms with Gasteiger partial charge in [0.15, 0.2) is 6.61 Å². The van der Waals surface area contributed by atoms with Gasteiger partial charge in [0, 0.05) is 12.6 Å². The fraction of sp³-hybridized carbons (Fsp3) is 0.200. The predicted molar refractivity (Wildman–Crippen MR) is 97.9 cm³/mol. The third kappa shape index (κ3) is 7.35. The van der Waals surface area contributed by atoms with Gasteiger partial charge < -0.3 is 15.8 Å². The van der Waals surface area contributed by atoms with Crippen molar-refractivity contribution in [2.75, 3.05) is 13.2 Å². The molecule has 0 heterocycles. The standard InChI is InChI=1S/C20H22N2O3/c21-19(23)15-25-18-11-8-17(9-12-18)10-13-20(24)22-14-4-7-16-5-2-1-3-6-16/h1-3,5-6,8-13H,4,7,14-15H2,(H2,21,23)(H,22,24)/b13-10+. The normalized spacial score (nSPS) is 10.6.